The fourth-order valence-electron chi connectivity index (χ4n) is 2.36. The highest BCUT2D eigenvalue weighted by Gasteiger charge is 2.43. The number of rotatable bonds is 0. The van der Waals surface area contributed by atoms with E-state index in [1.807, 2.05) is 0 Å². The third kappa shape index (κ3) is 1.28. The number of nitrogens with zero attached hydrogens (tertiary/aromatic N) is 1. The van der Waals surface area contributed by atoms with Crippen LogP contribution in [0.25, 0.3) is 0 Å². The summed E-state index contributed by atoms with van der Waals surface area (Å²) in [4.78, 5) is 2.28. The summed E-state index contributed by atoms with van der Waals surface area (Å²) in [6.45, 7) is 3.18. The minimum Gasteiger partial charge on any atom is -0.393 e. The summed E-state index contributed by atoms with van der Waals surface area (Å²) in [6, 6.07) is 0. The fourth-order valence-corrected chi connectivity index (χ4v) is 2.36. The molecule has 2 rings (SSSR count). The van der Waals surface area contributed by atoms with Crippen molar-refractivity contribution in [1.82, 2.24) is 10.2 Å². The Morgan fingerprint density at radius 3 is 2.82 bits per heavy atom. The largest absolute Gasteiger partial charge is 0.393 e. The molecule has 1 atom stereocenters. The second-order valence-electron chi connectivity index (χ2n) is 4.03. The quantitative estimate of drug-likeness (QED) is 0.492. The van der Waals surface area contributed by atoms with Crippen molar-refractivity contribution in [1.29, 1.82) is 0 Å². The number of aliphatic hydroxyl groups excluding tert-OH is 1. The molecule has 0 bridgehead atoms. The lowest BCUT2D eigenvalue weighted by molar-refractivity contribution is -0.00893. The van der Waals surface area contributed by atoms with Gasteiger partial charge in [-0.2, -0.15) is 0 Å². The van der Waals surface area contributed by atoms with Crippen LogP contribution in [0.5, 0.6) is 0 Å². The van der Waals surface area contributed by atoms with Crippen molar-refractivity contribution in [2.45, 2.75) is 24.5 Å². The smallest absolute Gasteiger partial charge is 0.0570 e. The second-order valence-corrected chi connectivity index (χ2v) is 4.03. The van der Waals surface area contributed by atoms with Crippen molar-refractivity contribution < 1.29 is 5.11 Å². The zero-order valence-corrected chi connectivity index (χ0v) is 7.01. The van der Waals surface area contributed by atoms with Gasteiger partial charge in [-0.05, 0) is 26.4 Å². The summed E-state index contributed by atoms with van der Waals surface area (Å²) < 4.78 is 0. The number of hydrogen-bond acceptors (Lipinski definition) is 3. The predicted octanol–water partition coefficient (Wildman–Crippen LogP) is -0.585. The molecule has 0 radical (unpaired) electrons. The van der Waals surface area contributed by atoms with Crippen LogP contribution in [0.1, 0.15) is 12.8 Å². The van der Waals surface area contributed by atoms with Crippen LogP contribution >= 0.6 is 0 Å². The molecular weight excluding hydrogens is 140 g/mol. The predicted molar refractivity (Wildman–Crippen MR) is 43.5 cm³/mol. The average Bonchev–Trinajstić information content (AvgIpc) is 1.84. The van der Waals surface area contributed by atoms with Crippen molar-refractivity contribution in [3.8, 4) is 0 Å². The van der Waals surface area contributed by atoms with E-state index in [2.05, 4.69) is 17.3 Å². The maximum absolute atomic E-state index is 9.44. The topological polar surface area (TPSA) is 35.5 Å². The molecule has 2 heterocycles. The molecule has 2 aliphatic heterocycles. The zero-order chi connectivity index (χ0) is 7.90. The Balaban J connectivity index is 1.93. The van der Waals surface area contributed by atoms with E-state index in [0.717, 1.165) is 32.5 Å². The van der Waals surface area contributed by atoms with Crippen LogP contribution in [0, 0.1) is 0 Å². The van der Waals surface area contributed by atoms with Crippen molar-refractivity contribution in [2.75, 3.05) is 26.7 Å². The number of likely N-dealkylation sites (tertiary alicyclic amines) is 1. The Labute approximate surface area is 67.4 Å². The van der Waals surface area contributed by atoms with Gasteiger partial charge in [0.15, 0.2) is 0 Å². The Bertz CT molecular complexity index is 149. The van der Waals surface area contributed by atoms with Gasteiger partial charge in [-0.1, -0.05) is 0 Å². The summed E-state index contributed by atoms with van der Waals surface area (Å²) in [6.07, 6.45) is 1.80. The lowest BCUT2D eigenvalue weighted by atomic mass is 9.81. The molecule has 64 valence electrons. The van der Waals surface area contributed by atoms with Crippen molar-refractivity contribution in [3.63, 3.8) is 0 Å². The number of piperidine rings is 1. The molecule has 2 aliphatic rings. The summed E-state index contributed by atoms with van der Waals surface area (Å²) in [5.74, 6) is 0. The summed E-state index contributed by atoms with van der Waals surface area (Å²) >= 11 is 0. The summed E-state index contributed by atoms with van der Waals surface area (Å²) in [7, 11) is 2.12. The van der Waals surface area contributed by atoms with E-state index in [-0.39, 0.29) is 11.6 Å². The fraction of sp³-hybridized carbons (Fsp3) is 1.00. The van der Waals surface area contributed by atoms with Gasteiger partial charge in [-0.25, -0.2) is 0 Å². The molecule has 1 spiro atoms. The molecule has 1 unspecified atom stereocenters. The van der Waals surface area contributed by atoms with E-state index in [9.17, 15) is 5.11 Å². The molecule has 3 heteroatoms. The minimum atomic E-state index is -0.0649. The first kappa shape index (κ1) is 7.53. The minimum absolute atomic E-state index is 0.0649. The third-order valence-corrected chi connectivity index (χ3v) is 2.75. The van der Waals surface area contributed by atoms with Crippen LogP contribution in [0.4, 0.5) is 0 Å². The SMILES string of the molecule is CN1CC2(CC(O)CCN2)C1. The van der Waals surface area contributed by atoms with Crippen LogP contribution < -0.4 is 5.32 Å². The number of nitrogens with one attached hydrogen (secondary N) is 1. The third-order valence-electron chi connectivity index (χ3n) is 2.75. The highest BCUT2D eigenvalue weighted by Crippen LogP contribution is 2.28. The zero-order valence-electron chi connectivity index (χ0n) is 7.01. The second kappa shape index (κ2) is 2.44. The van der Waals surface area contributed by atoms with Gasteiger partial charge in [-0.15, -0.1) is 0 Å². The van der Waals surface area contributed by atoms with E-state index in [0.29, 0.717) is 0 Å². The molecule has 3 nitrogen and oxygen atoms in total. The van der Waals surface area contributed by atoms with Crippen LogP contribution in [-0.4, -0.2) is 48.3 Å². The molecule has 0 aliphatic carbocycles. The van der Waals surface area contributed by atoms with Gasteiger partial charge in [-0.3, -0.25) is 0 Å². The number of likely N-dealkylation sites (N-methyl/N-ethyl adjacent to an activating group) is 1. The summed E-state index contributed by atoms with van der Waals surface area (Å²) in [5, 5.41) is 12.9. The van der Waals surface area contributed by atoms with Crippen molar-refractivity contribution in [2.24, 2.45) is 0 Å². The Kier molecular flexibility index (Phi) is 1.67. The molecular formula is C8H16N2O. The first-order chi connectivity index (χ1) is 5.20. The highest BCUT2D eigenvalue weighted by molar-refractivity contribution is 5.04. The normalized spacial score (nSPS) is 37.1. The summed E-state index contributed by atoms with van der Waals surface area (Å²) in [5.41, 5.74) is 0.270. The van der Waals surface area contributed by atoms with Gasteiger partial charge in [0, 0.05) is 18.6 Å². The van der Waals surface area contributed by atoms with Crippen LogP contribution in [0.3, 0.4) is 0 Å². The molecule has 0 aromatic rings. The maximum atomic E-state index is 9.44. The maximum Gasteiger partial charge on any atom is 0.0570 e. The number of aliphatic hydroxyl groups is 1. The van der Waals surface area contributed by atoms with Crippen molar-refractivity contribution >= 4 is 0 Å². The first-order valence-corrected chi connectivity index (χ1v) is 4.32. The van der Waals surface area contributed by atoms with E-state index in [1.54, 1.807) is 0 Å². The average molecular weight is 156 g/mol. The Hall–Kier alpha value is -0.120. The lowest BCUT2D eigenvalue weighted by Gasteiger charge is -2.52. The molecule has 2 saturated heterocycles. The number of hydrogen-bond donors (Lipinski definition) is 2. The molecule has 0 aromatic heterocycles. The molecule has 0 aromatic carbocycles. The van der Waals surface area contributed by atoms with Crippen LogP contribution in [0.15, 0.2) is 0 Å². The van der Waals surface area contributed by atoms with Gasteiger partial charge in [0.25, 0.3) is 0 Å². The van der Waals surface area contributed by atoms with E-state index < -0.39 is 0 Å². The highest BCUT2D eigenvalue weighted by atomic mass is 16.3. The van der Waals surface area contributed by atoms with Gasteiger partial charge in [0.05, 0.1) is 6.10 Å². The molecule has 2 fully saturated rings. The Morgan fingerprint density at radius 2 is 2.27 bits per heavy atom. The molecule has 0 saturated carbocycles. The van der Waals surface area contributed by atoms with E-state index >= 15 is 0 Å². The Morgan fingerprint density at radius 1 is 1.55 bits per heavy atom. The standard InChI is InChI=1S/C8H16N2O/c1-10-5-8(6-10)4-7(11)2-3-9-8/h7,9,11H,2-6H2,1H3. The van der Waals surface area contributed by atoms with Gasteiger partial charge < -0.3 is 15.3 Å². The molecule has 0 amide bonds. The molecule has 11 heavy (non-hydrogen) atoms. The van der Waals surface area contributed by atoms with Gasteiger partial charge in [0.2, 0.25) is 0 Å². The first-order valence-electron chi connectivity index (χ1n) is 4.32. The molecule has 2 N–H and O–H groups in total. The van der Waals surface area contributed by atoms with E-state index in [1.165, 1.54) is 0 Å². The van der Waals surface area contributed by atoms with Gasteiger partial charge >= 0.3 is 0 Å². The lowest BCUT2D eigenvalue weighted by Crippen LogP contribution is -2.70. The van der Waals surface area contributed by atoms with Gasteiger partial charge in [0.1, 0.15) is 0 Å². The van der Waals surface area contributed by atoms with Crippen molar-refractivity contribution in [3.05, 3.63) is 0 Å². The van der Waals surface area contributed by atoms with Crippen LogP contribution in [0.2, 0.25) is 0 Å². The van der Waals surface area contributed by atoms with Crippen LogP contribution in [-0.2, 0) is 0 Å². The monoisotopic (exact) mass is 156 g/mol. The van der Waals surface area contributed by atoms with E-state index in [4.69, 9.17) is 0 Å².